The van der Waals surface area contributed by atoms with Gasteiger partial charge in [0, 0.05) is 6.42 Å². The number of rotatable bonds is 1. The number of carboxylic acid groups (broad SMARTS) is 1. The van der Waals surface area contributed by atoms with Crippen molar-refractivity contribution < 1.29 is 27.9 Å². The monoisotopic (exact) mass is 263 g/mol. The Morgan fingerprint density at radius 3 is 2.72 bits per heavy atom. The highest BCUT2D eigenvalue weighted by molar-refractivity contribution is 5.87. The van der Waals surface area contributed by atoms with E-state index < -0.39 is 30.6 Å². The molecule has 2 N–H and O–H groups in total. The van der Waals surface area contributed by atoms with Crippen LogP contribution in [0.2, 0.25) is 0 Å². The molecule has 1 aromatic heterocycles. The van der Waals surface area contributed by atoms with Gasteiger partial charge in [-0.1, -0.05) is 0 Å². The van der Waals surface area contributed by atoms with Crippen molar-refractivity contribution >= 4 is 11.9 Å². The Bertz CT molecular complexity index is 497. The number of carbonyl (C=O) groups excluding carboxylic acids is 1. The number of nitrogens with one attached hydrogen (secondary N) is 1. The molecule has 0 aromatic carbocycles. The molecule has 0 fully saturated rings. The number of carboxylic acids is 1. The van der Waals surface area contributed by atoms with Crippen LogP contribution >= 0.6 is 0 Å². The van der Waals surface area contributed by atoms with E-state index in [1.807, 2.05) is 0 Å². The van der Waals surface area contributed by atoms with Crippen LogP contribution in [0.5, 0.6) is 0 Å². The fourth-order valence-corrected chi connectivity index (χ4v) is 1.83. The summed E-state index contributed by atoms with van der Waals surface area (Å²) in [5.41, 5.74) is 0.693. The van der Waals surface area contributed by atoms with Crippen molar-refractivity contribution in [1.29, 1.82) is 0 Å². The topological polar surface area (TPSA) is 86.3 Å². The minimum absolute atomic E-state index is 0.240. The van der Waals surface area contributed by atoms with Gasteiger partial charge in [-0.2, -0.15) is 13.2 Å². The molecule has 1 aliphatic heterocycles. The minimum Gasteiger partial charge on any atom is -0.480 e. The van der Waals surface area contributed by atoms with E-state index in [1.165, 1.54) is 6.33 Å². The van der Waals surface area contributed by atoms with Crippen LogP contribution in [0.15, 0.2) is 6.33 Å². The molecule has 1 aromatic rings. The Kier molecular flexibility index (Phi) is 2.76. The first-order chi connectivity index (χ1) is 8.30. The molecule has 18 heavy (non-hydrogen) atoms. The molecule has 0 bridgehead atoms. The lowest BCUT2D eigenvalue weighted by Crippen LogP contribution is -2.52. The van der Waals surface area contributed by atoms with E-state index in [2.05, 4.69) is 9.97 Å². The molecule has 98 valence electrons. The second-order valence-corrected chi connectivity index (χ2v) is 3.82. The number of imidazole rings is 1. The maximum absolute atomic E-state index is 12.4. The first-order valence-electron chi connectivity index (χ1n) is 4.92. The molecular formula is C9H8F3N3O3. The van der Waals surface area contributed by atoms with E-state index in [9.17, 15) is 22.8 Å². The Labute approximate surface area is 98.4 Å². The van der Waals surface area contributed by atoms with Crippen molar-refractivity contribution in [1.82, 2.24) is 14.9 Å². The summed E-state index contributed by atoms with van der Waals surface area (Å²) in [6, 6.07) is -1.55. The zero-order chi connectivity index (χ0) is 13.5. The van der Waals surface area contributed by atoms with E-state index in [0.717, 1.165) is 0 Å². The number of nitrogens with zero attached hydrogens (tertiary/aromatic N) is 2. The van der Waals surface area contributed by atoms with Crippen molar-refractivity contribution in [2.45, 2.75) is 25.2 Å². The lowest BCUT2D eigenvalue weighted by molar-refractivity contribution is -0.191. The van der Waals surface area contributed by atoms with Crippen molar-refractivity contribution in [2.75, 3.05) is 0 Å². The fraction of sp³-hybridized carbons (Fsp3) is 0.444. The number of H-pyrrole nitrogens is 1. The van der Waals surface area contributed by atoms with Gasteiger partial charge in [-0.15, -0.1) is 0 Å². The molecule has 6 nitrogen and oxygen atoms in total. The number of amides is 1. The molecule has 0 spiro atoms. The second-order valence-electron chi connectivity index (χ2n) is 3.82. The molecule has 2 rings (SSSR count). The second kappa shape index (κ2) is 4.00. The van der Waals surface area contributed by atoms with Gasteiger partial charge in [0.2, 0.25) is 0 Å². The Morgan fingerprint density at radius 2 is 2.17 bits per heavy atom. The molecular weight excluding hydrogens is 255 g/mol. The SMILES string of the molecule is O=C(O)[C@H]1Cc2nc[nH]c2CN1C(=O)C(F)(F)F. The third kappa shape index (κ3) is 2.03. The minimum atomic E-state index is -5.09. The van der Waals surface area contributed by atoms with Crippen LogP contribution in [0.4, 0.5) is 13.2 Å². The third-order valence-electron chi connectivity index (χ3n) is 2.69. The zero-order valence-electron chi connectivity index (χ0n) is 8.86. The van der Waals surface area contributed by atoms with Gasteiger partial charge in [0.1, 0.15) is 6.04 Å². The molecule has 0 saturated carbocycles. The van der Waals surface area contributed by atoms with Crippen LogP contribution in [0.3, 0.4) is 0 Å². The van der Waals surface area contributed by atoms with E-state index >= 15 is 0 Å². The highest BCUT2D eigenvalue weighted by atomic mass is 19.4. The van der Waals surface area contributed by atoms with Crippen LogP contribution < -0.4 is 0 Å². The first-order valence-corrected chi connectivity index (χ1v) is 4.92. The van der Waals surface area contributed by atoms with Crippen molar-refractivity contribution in [3.63, 3.8) is 0 Å². The maximum atomic E-state index is 12.4. The maximum Gasteiger partial charge on any atom is 0.471 e. The Morgan fingerprint density at radius 1 is 1.50 bits per heavy atom. The summed E-state index contributed by atoms with van der Waals surface area (Å²) in [7, 11) is 0. The van der Waals surface area contributed by atoms with Crippen LogP contribution in [-0.2, 0) is 22.6 Å². The number of halogens is 3. The average molecular weight is 263 g/mol. The van der Waals surface area contributed by atoms with Crippen LogP contribution in [0, 0.1) is 0 Å². The summed E-state index contributed by atoms with van der Waals surface area (Å²) in [5.74, 6) is -3.64. The van der Waals surface area contributed by atoms with E-state index in [-0.39, 0.29) is 6.42 Å². The number of aliphatic carboxylic acids is 1. The number of aromatic amines is 1. The molecule has 0 radical (unpaired) electrons. The molecule has 0 aliphatic carbocycles. The molecule has 1 atom stereocenters. The molecule has 9 heteroatoms. The van der Waals surface area contributed by atoms with Gasteiger partial charge in [0.25, 0.3) is 0 Å². The van der Waals surface area contributed by atoms with Gasteiger partial charge in [-0.05, 0) is 0 Å². The Hall–Kier alpha value is -2.06. The largest absolute Gasteiger partial charge is 0.480 e. The van der Waals surface area contributed by atoms with Gasteiger partial charge >= 0.3 is 18.1 Å². The average Bonchev–Trinajstić information content (AvgIpc) is 2.71. The smallest absolute Gasteiger partial charge is 0.471 e. The Balaban J connectivity index is 2.34. The van der Waals surface area contributed by atoms with Gasteiger partial charge in [0.15, 0.2) is 0 Å². The number of hydrogen-bond donors (Lipinski definition) is 2. The number of fused-ring (bicyclic) bond motifs is 1. The quantitative estimate of drug-likeness (QED) is 0.763. The summed E-state index contributed by atoms with van der Waals surface area (Å²) in [6.07, 6.45) is -4.08. The summed E-state index contributed by atoms with van der Waals surface area (Å²) in [5, 5.41) is 8.89. The van der Waals surface area contributed by atoms with Crippen LogP contribution in [0.25, 0.3) is 0 Å². The lowest BCUT2D eigenvalue weighted by atomic mass is 10.0. The summed E-state index contributed by atoms with van der Waals surface area (Å²) in [6.45, 7) is -0.440. The van der Waals surface area contributed by atoms with Gasteiger partial charge < -0.3 is 15.0 Å². The van der Waals surface area contributed by atoms with Gasteiger partial charge in [-0.3, -0.25) is 4.79 Å². The molecule has 2 heterocycles. The van der Waals surface area contributed by atoms with Crippen molar-refractivity contribution in [3.05, 3.63) is 17.7 Å². The van der Waals surface area contributed by atoms with E-state index in [4.69, 9.17) is 5.11 Å². The van der Waals surface area contributed by atoms with Gasteiger partial charge in [0.05, 0.1) is 24.3 Å². The highest BCUT2D eigenvalue weighted by Crippen LogP contribution is 2.26. The van der Waals surface area contributed by atoms with E-state index in [0.29, 0.717) is 16.3 Å². The lowest BCUT2D eigenvalue weighted by Gasteiger charge is -2.32. The van der Waals surface area contributed by atoms with Crippen molar-refractivity contribution in [2.24, 2.45) is 0 Å². The summed E-state index contributed by atoms with van der Waals surface area (Å²) < 4.78 is 37.1. The van der Waals surface area contributed by atoms with Crippen LogP contribution in [-0.4, -0.2) is 44.1 Å². The molecule has 1 amide bonds. The van der Waals surface area contributed by atoms with E-state index in [1.54, 1.807) is 0 Å². The van der Waals surface area contributed by atoms with Crippen molar-refractivity contribution in [3.8, 4) is 0 Å². The highest BCUT2D eigenvalue weighted by Gasteiger charge is 2.48. The number of aromatic nitrogens is 2. The standard InChI is InChI=1S/C9H8F3N3O3/c10-9(11,12)8(18)15-2-5-4(13-3-14-5)1-6(15)7(16)17/h3,6H,1-2H2,(H,13,14)(H,16,17)/t6-/m1/s1. The predicted octanol–water partition coefficient (Wildman–Crippen LogP) is 0.310. The normalized spacial score (nSPS) is 19.5. The summed E-state index contributed by atoms with van der Waals surface area (Å²) in [4.78, 5) is 28.8. The molecule has 0 saturated heterocycles. The summed E-state index contributed by atoms with van der Waals surface area (Å²) >= 11 is 0. The number of hydrogen-bond acceptors (Lipinski definition) is 3. The predicted molar refractivity (Wildman–Crippen MR) is 50.3 cm³/mol. The first kappa shape index (κ1) is 12.4. The fourth-order valence-electron chi connectivity index (χ4n) is 1.83. The molecule has 0 unspecified atom stereocenters. The third-order valence-corrected chi connectivity index (χ3v) is 2.69. The van der Waals surface area contributed by atoms with Crippen LogP contribution in [0.1, 0.15) is 11.4 Å². The zero-order valence-corrected chi connectivity index (χ0v) is 8.86. The molecule has 1 aliphatic rings. The van der Waals surface area contributed by atoms with Gasteiger partial charge in [-0.25, -0.2) is 9.78 Å². The number of alkyl halides is 3. The number of carbonyl (C=O) groups is 2.